The van der Waals surface area contributed by atoms with Crippen molar-refractivity contribution in [3.05, 3.63) is 63.7 Å². The molecule has 0 spiro atoms. The molecule has 2 aromatic rings. The molecular formula is C21H23N3O6. The molecule has 1 aliphatic rings. The van der Waals surface area contributed by atoms with Gasteiger partial charge in [-0.25, -0.2) is 4.79 Å². The summed E-state index contributed by atoms with van der Waals surface area (Å²) in [5.41, 5.74) is 1.81. The summed E-state index contributed by atoms with van der Waals surface area (Å²) in [5.74, 6) is -1.30. The molecule has 3 rings (SSSR count). The van der Waals surface area contributed by atoms with Crippen molar-refractivity contribution >= 4 is 28.9 Å². The molecule has 1 N–H and O–H groups in total. The second-order valence-electron chi connectivity index (χ2n) is 6.97. The lowest BCUT2D eigenvalue weighted by molar-refractivity contribution is -0.384. The summed E-state index contributed by atoms with van der Waals surface area (Å²) in [7, 11) is 0. The standard InChI is InChI=1S/C21H23N3O6/c1-14-4-3-5-17(12-14)22-20(25)15(2)30-21(26)16-6-7-18(19(13-16)24(27)28)23-8-10-29-11-9-23/h3-7,12-13,15H,8-11H2,1-2H3,(H,22,25)/t15-/m0/s1. The minimum atomic E-state index is -1.07. The zero-order chi connectivity index (χ0) is 21.7. The molecule has 1 heterocycles. The number of carbonyl (C=O) groups excluding carboxylic acids is 2. The highest BCUT2D eigenvalue weighted by Gasteiger charge is 2.25. The Morgan fingerprint density at radius 3 is 2.60 bits per heavy atom. The number of ether oxygens (including phenoxy) is 2. The summed E-state index contributed by atoms with van der Waals surface area (Å²) in [5, 5.41) is 14.2. The van der Waals surface area contributed by atoms with Gasteiger partial charge in [-0.1, -0.05) is 12.1 Å². The van der Waals surface area contributed by atoms with Crippen molar-refractivity contribution in [1.29, 1.82) is 0 Å². The first-order chi connectivity index (χ1) is 14.3. The van der Waals surface area contributed by atoms with E-state index in [2.05, 4.69) is 5.32 Å². The Morgan fingerprint density at radius 1 is 1.20 bits per heavy atom. The van der Waals surface area contributed by atoms with Crippen LogP contribution in [0, 0.1) is 17.0 Å². The Kier molecular flexibility index (Phi) is 6.63. The molecule has 0 radical (unpaired) electrons. The average molecular weight is 413 g/mol. The number of benzene rings is 2. The molecule has 0 unspecified atom stereocenters. The quantitative estimate of drug-likeness (QED) is 0.440. The van der Waals surface area contributed by atoms with E-state index in [9.17, 15) is 19.7 Å². The number of rotatable bonds is 6. The highest BCUT2D eigenvalue weighted by Crippen LogP contribution is 2.30. The van der Waals surface area contributed by atoms with E-state index in [1.807, 2.05) is 17.9 Å². The van der Waals surface area contributed by atoms with Gasteiger partial charge < -0.3 is 19.7 Å². The fourth-order valence-electron chi connectivity index (χ4n) is 3.12. The van der Waals surface area contributed by atoms with Crippen LogP contribution in [0.3, 0.4) is 0 Å². The molecule has 0 aliphatic carbocycles. The maximum Gasteiger partial charge on any atom is 0.339 e. The lowest BCUT2D eigenvalue weighted by atomic mass is 10.1. The number of esters is 1. The van der Waals surface area contributed by atoms with Crippen LogP contribution in [0.4, 0.5) is 17.1 Å². The Bertz CT molecular complexity index is 956. The second kappa shape index (κ2) is 9.36. The van der Waals surface area contributed by atoms with Crippen LogP contribution < -0.4 is 10.2 Å². The van der Waals surface area contributed by atoms with Gasteiger partial charge in [-0.2, -0.15) is 0 Å². The number of nitro groups is 1. The van der Waals surface area contributed by atoms with Gasteiger partial charge in [0.1, 0.15) is 5.69 Å². The van der Waals surface area contributed by atoms with E-state index >= 15 is 0 Å². The van der Waals surface area contributed by atoms with Crippen LogP contribution in [0.2, 0.25) is 0 Å². The maximum absolute atomic E-state index is 12.5. The normalized spacial score (nSPS) is 14.7. The molecule has 9 nitrogen and oxygen atoms in total. The number of nitrogens with zero attached hydrogens (tertiary/aromatic N) is 2. The summed E-state index contributed by atoms with van der Waals surface area (Å²) in [6, 6.07) is 11.4. The van der Waals surface area contributed by atoms with E-state index in [-0.39, 0.29) is 11.3 Å². The first-order valence-electron chi connectivity index (χ1n) is 9.55. The molecule has 9 heteroatoms. The number of nitro benzene ring substituents is 1. The Hall–Kier alpha value is -3.46. The van der Waals surface area contributed by atoms with Crippen molar-refractivity contribution in [2.75, 3.05) is 36.5 Å². The molecule has 1 saturated heterocycles. The Morgan fingerprint density at radius 2 is 1.93 bits per heavy atom. The smallest absolute Gasteiger partial charge is 0.339 e. The van der Waals surface area contributed by atoms with E-state index in [0.717, 1.165) is 5.56 Å². The Labute approximate surface area is 173 Å². The lowest BCUT2D eigenvalue weighted by Crippen LogP contribution is -2.36. The molecule has 2 aromatic carbocycles. The summed E-state index contributed by atoms with van der Waals surface area (Å²) >= 11 is 0. The minimum Gasteiger partial charge on any atom is -0.449 e. The summed E-state index contributed by atoms with van der Waals surface area (Å²) in [6.45, 7) is 5.36. The van der Waals surface area contributed by atoms with Crippen molar-refractivity contribution in [1.82, 2.24) is 0 Å². The predicted molar refractivity (Wildman–Crippen MR) is 111 cm³/mol. The molecule has 0 saturated carbocycles. The van der Waals surface area contributed by atoms with Crippen LogP contribution in [0.25, 0.3) is 0 Å². The third kappa shape index (κ3) is 5.12. The van der Waals surface area contributed by atoms with E-state index in [1.165, 1.54) is 25.1 Å². The summed E-state index contributed by atoms with van der Waals surface area (Å²) in [4.78, 5) is 37.6. The van der Waals surface area contributed by atoms with E-state index in [4.69, 9.17) is 9.47 Å². The topological polar surface area (TPSA) is 111 Å². The van der Waals surface area contributed by atoms with E-state index in [0.29, 0.717) is 37.7 Å². The fraction of sp³-hybridized carbons (Fsp3) is 0.333. The van der Waals surface area contributed by atoms with Crippen LogP contribution >= 0.6 is 0 Å². The van der Waals surface area contributed by atoms with Gasteiger partial charge in [0.15, 0.2) is 6.10 Å². The summed E-state index contributed by atoms with van der Waals surface area (Å²) in [6.07, 6.45) is -1.07. The number of hydrogen-bond donors (Lipinski definition) is 1. The van der Waals surface area contributed by atoms with Crippen LogP contribution in [0.5, 0.6) is 0 Å². The van der Waals surface area contributed by atoms with Crippen molar-refractivity contribution in [3.8, 4) is 0 Å². The number of aryl methyl sites for hydroxylation is 1. The number of amides is 1. The molecule has 1 amide bonds. The van der Waals surface area contributed by atoms with E-state index in [1.54, 1.807) is 18.2 Å². The van der Waals surface area contributed by atoms with Gasteiger partial charge in [0, 0.05) is 24.8 Å². The van der Waals surface area contributed by atoms with E-state index < -0.39 is 22.9 Å². The zero-order valence-electron chi connectivity index (χ0n) is 16.8. The van der Waals surface area contributed by atoms with Crippen molar-refractivity contribution in [2.45, 2.75) is 20.0 Å². The Balaban J connectivity index is 1.70. The third-order valence-electron chi connectivity index (χ3n) is 4.70. The number of hydrogen-bond acceptors (Lipinski definition) is 7. The molecule has 158 valence electrons. The van der Waals surface area contributed by atoms with Crippen molar-refractivity contribution in [2.24, 2.45) is 0 Å². The molecule has 1 fully saturated rings. The summed E-state index contributed by atoms with van der Waals surface area (Å²) < 4.78 is 10.5. The van der Waals surface area contributed by atoms with Crippen LogP contribution in [-0.4, -0.2) is 49.2 Å². The number of anilines is 2. The van der Waals surface area contributed by atoms with Crippen LogP contribution in [0.15, 0.2) is 42.5 Å². The number of carbonyl (C=O) groups is 2. The van der Waals surface area contributed by atoms with Gasteiger partial charge in [-0.15, -0.1) is 0 Å². The lowest BCUT2D eigenvalue weighted by Gasteiger charge is -2.28. The first-order valence-corrected chi connectivity index (χ1v) is 9.55. The van der Waals surface area contributed by atoms with Crippen molar-refractivity contribution < 1.29 is 24.0 Å². The minimum absolute atomic E-state index is 0.00825. The van der Waals surface area contributed by atoms with Gasteiger partial charge in [0.2, 0.25) is 0 Å². The molecular weight excluding hydrogens is 390 g/mol. The molecule has 1 aliphatic heterocycles. The molecule has 0 aromatic heterocycles. The maximum atomic E-state index is 12.5. The van der Waals surface area contributed by atoms with Crippen molar-refractivity contribution in [3.63, 3.8) is 0 Å². The van der Waals surface area contributed by atoms with Gasteiger partial charge >= 0.3 is 5.97 Å². The van der Waals surface area contributed by atoms with Crippen LogP contribution in [-0.2, 0) is 14.3 Å². The third-order valence-corrected chi connectivity index (χ3v) is 4.70. The van der Waals surface area contributed by atoms with Gasteiger partial charge in [0.05, 0.1) is 23.7 Å². The monoisotopic (exact) mass is 413 g/mol. The largest absolute Gasteiger partial charge is 0.449 e. The highest BCUT2D eigenvalue weighted by atomic mass is 16.6. The van der Waals surface area contributed by atoms with Gasteiger partial charge in [-0.05, 0) is 43.7 Å². The SMILES string of the molecule is Cc1cccc(NC(=O)[C@H](C)OC(=O)c2ccc(N3CCOCC3)c([N+](=O)[O-])c2)c1. The molecule has 30 heavy (non-hydrogen) atoms. The first kappa shape index (κ1) is 21.3. The molecule has 0 bridgehead atoms. The molecule has 1 atom stereocenters. The van der Waals surface area contributed by atoms with Gasteiger partial charge in [0.25, 0.3) is 11.6 Å². The van der Waals surface area contributed by atoms with Gasteiger partial charge in [-0.3, -0.25) is 14.9 Å². The number of nitrogens with one attached hydrogen (secondary N) is 1. The second-order valence-corrected chi connectivity index (χ2v) is 6.97. The average Bonchev–Trinajstić information content (AvgIpc) is 2.73. The van der Waals surface area contributed by atoms with Crippen LogP contribution in [0.1, 0.15) is 22.8 Å². The zero-order valence-corrected chi connectivity index (χ0v) is 16.8. The predicted octanol–water partition coefficient (Wildman–Crippen LogP) is 2.92. The highest BCUT2D eigenvalue weighted by molar-refractivity contribution is 5.98. The number of morpholine rings is 1. The fourth-order valence-corrected chi connectivity index (χ4v) is 3.12.